The molecule has 0 atom stereocenters. The van der Waals surface area contributed by atoms with Crippen molar-refractivity contribution in [3.63, 3.8) is 0 Å². The zero-order valence-corrected chi connectivity index (χ0v) is 15.2. The first-order chi connectivity index (χ1) is 12.2. The molecule has 1 aliphatic heterocycles. The maximum Gasteiger partial charge on any atom is 0.223 e. The molecule has 0 aliphatic carbocycles. The summed E-state index contributed by atoms with van der Waals surface area (Å²) in [5.74, 6) is 0.529. The van der Waals surface area contributed by atoms with E-state index in [9.17, 15) is 9.59 Å². The molecule has 3 heterocycles. The van der Waals surface area contributed by atoms with Crippen molar-refractivity contribution < 1.29 is 9.53 Å². The molecule has 0 unspecified atom stereocenters. The molecule has 7 heteroatoms. The molecule has 0 aromatic carbocycles. The summed E-state index contributed by atoms with van der Waals surface area (Å²) in [6, 6.07) is 3.65. The van der Waals surface area contributed by atoms with Crippen molar-refractivity contribution >= 4 is 17.2 Å². The predicted molar refractivity (Wildman–Crippen MR) is 98.0 cm³/mol. The van der Waals surface area contributed by atoms with Gasteiger partial charge in [-0.1, -0.05) is 0 Å². The Morgan fingerprint density at radius 3 is 3.16 bits per heavy atom. The fraction of sp³-hybridized carbons (Fsp3) is 0.444. The number of amides is 1. The monoisotopic (exact) mass is 361 g/mol. The lowest BCUT2D eigenvalue weighted by atomic mass is 10.1. The average Bonchev–Trinajstić information content (AvgIpc) is 3.09. The van der Waals surface area contributed by atoms with E-state index in [4.69, 9.17) is 4.74 Å². The zero-order chi connectivity index (χ0) is 17.6. The molecule has 1 amide bonds. The minimum atomic E-state index is -0.133. The second-order valence-electron chi connectivity index (χ2n) is 6.11. The molecule has 0 saturated heterocycles. The number of aromatic amines is 1. The van der Waals surface area contributed by atoms with Gasteiger partial charge < -0.3 is 19.9 Å². The van der Waals surface area contributed by atoms with Gasteiger partial charge in [-0.25, -0.2) is 0 Å². The Morgan fingerprint density at radius 1 is 1.48 bits per heavy atom. The summed E-state index contributed by atoms with van der Waals surface area (Å²) in [5, 5.41) is 5.36. The number of hydrogen-bond donors (Lipinski definition) is 2. The second kappa shape index (κ2) is 8.31. The van der Waals surface area contributed by atoms with Crippen molar-refractivity contribution in [1.29, 1.82) is 0 Å². The zero-order valence-electron chi connectivity index (χ0n) is 14.3. The number of fused-ring (bicyclic) bond motifs is 1. The maximum absolute atomic E-state index is 12.3. The molecule has 2 aromatic heterocycles. The third-order valence-corrected chi connectivity index (χ3v) is 5.40. The first kappa shape index (κ1) is 17.7. The summed E-state index contributed by atoms with van der Waals surface area (Å²) in [7, 11) is 1.47. The van der Waals surface area contributed by atoms with Gasteiger partial charge in [0, 0.05) is 48.9 Å². The van der Waals surface area contributed by atoms with E-state index < -0.39 is 0 Å². The van der Waals surface area contributed by atoms with Gasteiger partial charge >= 0.3 is 0 Å². The lowest BCUT2D eigenvalue weighted by Gasteiger charge is -2.27. The van der Waals surface area contributed by atoms with E-state index in [-0.39, 0.29) is 11.3 Å². The topological polar surface area (TPSA) is 74.4 Å². The number of rotatable bonds is 7. The number of hydrogen-bond acceptors (Lipinski definition) is 5. The van der Waals surface area contributed by atoms with Crippen LogP contribution in [0.15, 0.2) is 28.5 Å². The molecule has 2 aromatic rings. The predicted octanol–water partition coefficient (Wildman–Crippen LogP) is 1.90. The van der Waals surface area contributed by atoms with E-state index in [0.29, 0.717) is 18.7 Å². The number of carbonyl (C=O) groups excluding carboxylic acids is 1. The van der Waals surface area contributed by atoms with Crippen molar-refractivity contribution in [3.8, 4) is 5.75 Å². The molecule has 2 N–H and O–H groups in total. The van der Waals surface area contributed by atoms with Crippen molar-refractivity contribution in [2.24, 2.45) is 0 Å². The van der Waals surface area contributed by atoms with Crippen molar-refractivity contribution in [2.75, 3.05) is 20.2 Å². The van der Waals surface area contributed by atoms with Crippen LogP contribution in [0.5, 0.6) is 5.75 Å². The number of nitrogens with zero attached hydrogens (tertiary/aromatic N) is 1. The van der Waals surface area contributed by atoms with E-state index in [0.717, 1.165) is 38.2 Å². The van der Waals surface area contributed by atoms with Crippen LogP contribution in [0.2, 0.25) is 0 Å². The second-order valence-corrected chi connectivity index (χ2v) is 7.11. The third kappa shape index (κ3) is 4.49. The van der Waals surface area contributed by atoms with E-state index >= 15 is 0 Å². The molecule has 25 heavy (non-hydrogen) atoms. The van der Waals surface area contributed by atoms with Crippen molar-refractivity contribution in [1.82, 2.24) is 15.2 Å². The minimum absolute atomic E-state index is 0.133. The van der Waals surface area contributed by atoms with Gasteiger partial charge in [-0.3, -0.25) is 9.59 Å². The summed E-state index contributed by atoms with van der Waals surface area (Å²) in [6.07, 6.45) is 3.87. The molecule has 134 valence electrons. The number of methoxy groups -OCH3 is 1. The highest BCUT2D eigenvalue weighted by Gasteiger charge is 2.20. The average molecular weight is 361 g/mol. The van der Waals surface area contributed by atoms with Crippen molar-refractivity contribution in [3.05, 3.63) is 50.1 Å². The van der Waals surface area contributed by atoms with Crippen LogP contribution in [0, 0.1) is 0 Å². The number of nitrogens with one attached hydrogen (secondary N) is 2. The number of thiophene rings is 1. The summed E-state index contributed by atoms with van der Waals surface area (Å²) in [5.41, 5.74) is 1.97. The SMILES string of the molecule is COc1c[nH]c(CNCCCC(=O)N2CCc3sccc3C2)cc1=O. The third-order valence-electron chi connectivity index (χ3n) is 4.38. The molecule has 3 rings (SSSR count). The lowest BCUT2D eigenvalue weighted by molar-refractivity contribution is -0.132. The van der Waals surface area contributed by atoms with Crippen LogP contribution in [0.25, 0.3) is 0 Å². The standard InChI is InChI=1S/C18H23N3O3S/c1-24-16-11-20-14(9-15(16)22)10-19-6-2-3-18(23)21-7-4-17-13(12-21)5-8-25-17/h5,8-9,11,19H,2-4,6-7,10,12H2,1H3,(H,20,22). The van der Waals surface area contributed by atoms with Crippen molar-refractivity contribution in [2.45, 2.75) is 32.4 Å². The van der Waals surface area contributed by atoms with Gasteiger partial charge in [0.25, 0.3) is 0 Å². The first-order valence-electron chi connectivity index (χ1n) is 8.46. The Balaban J connectivity index is 1.37. The number of H-pyrrole nitrogens is 1. The Morgan fingerprint density at radius 2 is 2.36 bits per heavy atom. The molecule has 0 fully saturated rings. The van der Waals surface area contributed by atoms with Gasteiger partial charge in [0.05, 0.1) is 7.11 Å². The number of aromatic nitrogens is 1. The maximum atomic E-state index is 12.3. The van der Waals surface area contributed by atoms with E-state index in [2.05, 4.69) is 21.7 Å². The van der Waals surface area contributed by atoms with Crippen LogP contribution in [0.3, 0.4) is 0 Å². The minimum Gasteiger partial charge on any atom is -0.491 e. The number of ether oxygens (including phenoxy) is 1. The highest BCUT2D eigenvalue weighted by atomic mass is 32.1. The molecule has 1 aliphatic rings. The van der Waals surface area contributed by atoms with Gasteiger partial charge in [0.2, 0.25) is 11.3 Å². The normalized spacial score (nSPS) is 13.6. The van der Waals surface area contributed by atoms with Crippen LogP contribution in [0.4, 0.5) is 0 Å². The summed E-state index contributed by atoms with van der Waals surface area (Å²) in [6.45, 7) is 2.87. The van der Waals surface area contributed by atoms with Crippen LogP contribution < -0.4 is 15.5 Å². The van der Waals surface area contributed by atoms with Crippen LogP contribution in [0.1, 0.15) is 29.0 Å². The first-order valence-corrected chi connectivity index (χ1v) is 9.34. The summed E-state index contributed by atoms with van der Waals surface area (Å²) >= 11 is 1.78. The quantitative estimate of drug-likeness (QED) is 0.739. The Kier molecular flexibility index (Phi) is 5.88. The fourth-order valence-corrected chi connectivity index (χ4v) is 3.86. The van der Waals surface area contributed by atoms with E-state index in [1.807, 2.05) is 4.90 Å². The molecule has 6 nitrogen and oxygen atoms in total. The highest BCUT2D eigenvalue weighted by Crippen LogP contribution is 2.24. The summed E-state index contributed by atoms with van der Waals surface area (Å²) in [4.78, 5) is 30.4. The van der Waals surface area contributed by atoms with Crippen LogP contribution in [-0.4, -0.2) is 36.0 Å². The lowest BCUT2D eigenvalue weighted by Crippen LogP contribution is -2.35. The van der Waals surface area contributed by atoms with Gasteiger partial charge in [0.1, 0.15) is 0 Å². The molecule has 0 radical (unpaired) electrons. The molecular formula is C18H23N3O3S. The largest absolute Gasteiger partial charge is 0.491 e. The van der Waals surface area contributed by atoms with Crippen LogP contribution in [-0.2, 0) is 24.3 Å². The van der Waals surface area contributed by atoms with E-state index in [1.165, 1.54) is 23.6 Å². The van der Waals surface area contributed by atoms with E-state index in [1.54, 1.807) is 17.5 Å². The van der Waals surface area contributed by atoms with Gasteiger partial charge in [-0.05, 0) is 36.4 Å². The van der Waals surface area contributed by atoms with Crippen LogP contribution >= 0.6 is 11.3 Å². The fourth-order valence-electron chi connectivity index (χ4n) is 2.97. The Hall–Kier alpha value is -2.12. The molecule has 0 spiro atoms. The Labute approximate surface area is 150 Å². The Bertz CT molecular complexity index is 784. The number of carbonyl (C=O) groups is 1. The van der Waals surface area contributed by atoms with Gasteiger partial charge in [-0.15, -0.1) is 11.3 Å². The smallest absolute Gasteiger partial charge is 0.223 e. The molecular weight excluding hydrogens is 338 g/mol. The highest BCUT2D eigenvalue weighted by molar-refractivity contribution is 7.10. The molecule has 0 saturated carbocycles. The van der Waals surface area contributed by atoms with Gasteiger partial charge in [0.15, 0.2) is 5.75 Å². The summed E-state index contributed by atoms with van der Waals surface area (Å²) < 4.78 is 4.94. The molecule has 0 bridgehead atoms. The number of pyridine rings is 1. The van der Waals surface area contributed by atoms with Gasteiger partial charge in [-0.2, -0.15) is 0 Å².